The predicted octanol–water partition coefficient (Wildman–Crippen LogP) is 4.17. The van der Waals surface area contributed by atoms with Crippen molar-refractivity contribution in [1.29, 1.82) is 0 Å². The number of H-pyrrole nitrogens is 1. The lowest BCUT2D eigenvalue weighted by atomic mass is 10.1. The van der Waals surface area contributed by atoms with Crippen LogP contribution in [0.25, 0.3) is 11.0 Å². The van der Waals surface area contributed by atoms with Gasteiger partial charge in [-0.2, -0.15) is 5.10 Å². The molecule has 1 fully saturated rings. The van der Waals surface area contributed by atoms with Crippen molar-refractivity contribution in [2.24, 2.45) is 0 Å². The lowest BCUT2D eigenvalue weighted by Gasteiger charge is -2.14. The first-order valence-electron chi connectivity index (χ1n) is 10.8. The van der Waals surface area contributed by atoms with Gasteiger partial charge >= 0.3 is 0 Å². The number of rotatable bonds is 9. The fourth-order valence-corrected chi connectivity index (χ4v) is 5.19. The van der Waals surface area contributed by atoms with Gasteiger partial charge in [0.1, 0.15) is 17.2 Å². The molecule has 0 radical (unpaired) electrons. The van der Waals surface area contributed by atoms with E-state index in [0.29, 0.717) is 28.2 Å². The summed E-state index contributed by atoms with van der Waals surface area (Å²) < 4.78 is 50.4. The molecule has 0 bridgehead atoms. The topological polar surface area (TPSA) is 141 Å². The first kappa shape index (κ1) is 22.8. The second-order valence-corrected chi connectivity index (χ2v) is 10.1. The van der Waals surface area contributed by atoms with Crippen LogP contribution in [-0.2, 0) is 15.4 Å². The smallest absolute Gasteiger partial charge is 0.270 e. The summed E-state index contributed by atoms with van der Waals surface area (Å²) in [4.78, 5) is -0.148. The quantitative estimate of drug-likeness (QED) is 0.309. The molecule has 0 amide bonds. The third kappa shape index (κ3) is 4.09. The average Bonchev–Trinajstić information content (AvgIpc) is 3.25. The zero-order valence-electron chi connectivity index (χ0n) is 19.6. The fourth-order valence-electron chi connectivity index (χ4n) is 3.85. The molecule has 0 atom stereocenters. The summed E-state index contributed by atoms with van der Waals surface area (Å²) in [6.45, 7) is 2.19. The van der Waals surface area contributed by atoms with E-state index in [9.17, 15) is 8.42 Å². The number of anilines is 3. The van der Waals surface area contributed by atoms with Crippen molar-refractivity contribution < 1.29 is 27.2 Å². The van der Waals surface area contributed by atoms with Crippen molar-refractivity contribution in [1.82, 2.24) is 15.4 Å². The van der Waals surface area contributed by atoms with Crippen molar-refractivity contribution in [3.05, 3.63) is 42.1 Å². The summed E-state index contributed by atoms with van der Waals surface area (Å²) in [5.74, 6) is 1.36. The fraction of sp³-hybridized carbons (Fsp3) is 0.304. The first-order chi connectivity index (χ1) is 16.8. The molecule has 4 aromatic rings. The maximum Gasteiger partial charge on any atom is 0.270 e. The molecular weight excluding hydrogens is 474 g/mol. The van der Waals surface area contributed by atoms with Gasteiger partial charge in [0.2, 0.25) is 0 Å². The predicted molar refractivity (Wildman–Crippen MR) is 129 cm³/mol. The summed E-state index contributed by atoms with van der Waals surface area (Å²) >= 11 is 0. The van der Waals surface area contributed by atoms with Gasteiger partial charge < -0.3 is 24.1 Å². The monoisotopic (exact) mass is 499 g/mol. The molecule has 1 aliphatic carbocycles. The highest BCUT2D eigenvalue weighted by Gasteiger charge is 2.40. The molecule has 2 aromatic carbocycles. The molecule has 184 valence electrons. The average molecular weight is 500 g/mol. The van der Waals surface area contributed by atoms with Crippen molar-refractivity contribution in [3.63, 3.8) is 0 Å². The maximum atomic E-state index is 13.2. The number of nitrogens with zero attached hydrogens (tertiary/aromatic N) is 2. The number of hydrogen-bond acceptors (Lipinski definition) is 9. The molecule has 11 nitrogen and oxygen atoms in total. The molecular formula is C23H25N5O6S. The summed E-state index contributed by atoms with van der Waals surface area (Å²) in [5, 5.41) is 15.0. The SMILES string of the molecule is COc1cc2c(NS(=O)(=O)c3c(OC)cccc3OC)noc2cc1Nc1cc(C2(C)CC2)[nH]n1. The third-order valence-corrected chi connectivity index (χ3v) is 7.57. The van der Waals surface area contributed by atoms with E-state index in [-0.39, 0.29) is 27.6 Å². The first-order valence-corrected chi connectivity index (χ1v) is 12.3. The van der Waals surface area contributed by atoms with Crippen molar-refractivity contribution in [2.45, 2.75) is 30.1 Å². The standard InChI is InChI=1S/C23H25N5O6S/c1-23(8-9-23)19-12-20(26-25-19)24-14-11-17-13(10-18(14)33-4)22(27-34-17)28-35(29,30)21-15(31-2)6-5-7-16(21)32-3/h5-7,10-12H,8-9H2,1-4H3,(H,27,28)(H2,24,25,26). The lowest BCUT2D eigenvalue weighted by Crippen LogP contribution is -2.15. The van der Waals surface area contributed by atoms with E-state index in [1.165, 1.54) is 33.5 Å². The molecule has 5 rings (SSSR count). The summed E-state index contributed by atoms with van der Waals surface area (Å²) in [7, 11) is 0.143. The Hall–Kier alpha value is -3.93. The lowest BCUT2D eigenvalue weighted by molar-refractivity contribution is 0.373. The van der Waals surface area contributed by atoms with Crippen LogP contribution < -0.4 is 24.2 Å². The van der Waals surface area contributed by atoms with Crippen LogP contribution in [0.5, 0.6) is 17.2 Å². The van der Waals surface area contributed by atoms with Gasteiger partial charge in [-0.15, -0.1) is 0 Å². The van der Waals surface area contributed by atoms with Gasteiger partial charge in [-0.25, -0.2) is 8.42 Å². The van der Waals surface area contributed by atoms with Crippen LogP contribution in [-0.4, -0.2) is 45.1 Å². The molecule has 0 saturated heterocycles. The van der Waals surface area contributed by atoms with E-state index in [0.717, 1.165) is 18.5 Å². The van der Waals surface area contributed by atoms with Crippen LogP contribution in [0.2, 0.25) is 0 Å². The Bertz CT molecular complexity index is 1480. The zero-order chi connectivity index (χ0) is 24.8. The Kier molecular flexibility index (Phi) is 5.47. The second kappa shape index (κ2) is 8.38. The highest BCUT2D eigenvalue weighted by Crippen LogP contribution is 2.47. The minimum atomic E-state index is -4.14. The Balaban J connectivity index is 1.48. The highest BCUT2D eigenvalue weighted by molar-refractivity contribution is 7.93. The van der Waals surface area contributed by atoms with Crippen LogP contribution in [0.1, 0.15) is 25.5 Å². The molecule has 12 heteroatoms. The van der Waals surface area contributed by atoms with Crippen molar-refractivity contribution >= 4 is 38.3 Å². The Morgan fingerprint density at radius 2 is 1.71 bits per heavy atom. The van der Waals surface area contributed by atoms with Gasteiger partial charge in [-0.3, -0.25) is 9.82 Å². The zero-order valence-corrected chi connectivity index (χ0v) is 20.4. The number of nitrogens with one attached hydrogen (secondary N) is 3. The van der Waals surface area contributed by atoms with Crippen LogP contribution in [0.15, 0.2) is 45.8 Å². The Morgan fingerprint density at radius 1 is 1.03 bits per heavy atom. The van der Waals surface area contributed by atoms with Gasteiger partial charge in [0.15, 0.2) is 22.1 Å². The number of aromatic nitrogens is 3. The Labute approximate surface area is 201 Å². The molecule has 35 heavy (non-hydrogen) atoms. The van der Waals surface area contributed by atoms with E-state index < -0.39 is 10.0 Å². The number of hydrogen-bond donors (Lipinski definition) is 3. The largest absolute Gasteiger partial charge is 0.495 e. The van der Waals surface area contributed by atoms with E-state index in [4.69, 9.17) is 18.7 Å². The molecule has 0 aliphatic heterocycles. The van der Waals surface area contributed by atoms with E-state index >= 15 is 0 Å². The maximum absolute atomic E-state index is 13.2. The summed E-state index contributed by atoms with van der Waals surface area (Å²) in [5.41, 5.74) is 2.17. The van der Waals surface area contributed by atoms with Crippen LogP contribution in [0.3, 0.4) is 0 Å². The van der Waals surface area contributed by atoms with Gasteiger partial charge in [-0.05, 0) is 31.0 Å². The summed E-state index contributed by atoms with van der Waals surface area (Å²) in [6, 6.07) is 9.98. The summed E-state index contributed by atoms with van der Waals surface area (Å²) in [6.07, 6.45) is 2.25. The Morgan fingerprint density at radius 3 is 2.34 bits per heavy atom. The van der Waals surface area contributed by atoms with Crippen LogP contribution in [0, 0.1) is 0 Å². The van der Waals surface area contributed by atoms with Gasteiger partial charge in [0, 0.05) is 23.2 Å². The van der Waals surface area contributed by atoms with Crippen molar-refractivity contribution in [3.8, 4) is 17.2 Å². The van der Waals surface area contributed by atoms with Gasteiger partial charge in [-0.1, -0.05) is 18.1 Å². The number of methoxy groups -OCH3 is 3. The van der Waals surface area contributed by atoms with Crippen LogP contribution >= 0.6 is 0 Å². The van der Waals surface area contributed by atoms with E-state index in [2.05, 4.69) is 32.3 Å². The molecule has 3 N–H and O–H groups in total. The van der Waals surface area contributed by atoms with Crippen molar-refractivity contribution in [2.75, 3.05) is 31.4 Å². The molecule has 0 unspecified atom stereocenters. The number of ether oxygens (including phenoxy) is 3. The number of fused-ring (bicyclic) bond motifs is 1. The van der Waals surface area contributed by atoms with Gasteiger partial charge in [0.05, 0.1) is 32.4 Å². The number of benzene rings is 2. The molecule has 1 saturated carbocycles. The van der Waals surface area contributed by atoms with Gasteiger partial charge in [0.25, 0.3) is 10.0 Å². The minimum Gasteiger partial charge on any atom is -0.495 e. The number of sulfonamides is 1. The normalized spacial score (nSPS) is 14.5. The van der Waals surface area contributed by atoms with E-state index in [1.54, 1.807) is 18.2 Å². The minimum absolute atomic E-state index is 0.00141. The van der Waals surface area contributed by atoms with Crippen LogP contribution in [0.4, 0.5) is 17.3 Å². The second-order valence-electron chi connectivity index (χ2n) is 8.53. The number of aromatic amines is 1. The molecule has 2 heterocycles. The molecule has 1 aliphatic rings. The molecule has 0 spiro atoms. The van der Waals surface area contributed by atoms with E-state index in [1.807, 2.05) is 6.07 Å². The third-order valence-electron chi connectivity index (χ3n) is 6.17. The highest BCUT2D eigenvalue weighted by atomic mass is 32.2. The molecule has 2 aromatic heterocycles.